The van der Waals surface area contributed by atoms with Gasteiger partial charge >= 0.3 is 5.97 Å². The van der Waals surface area contributed by atoms with Crippen molar-refractivity contribution < 1.29 is 14.3 Å². The summed E-state index contributed by atoms with van der Waals surface area (Å²) in [7, 11) is 0. The van der Waals surface area contributed by atoms with E-state index in [1.54, 1.807) is 37.3 Å². The number of esters is 1. The number of halogens is 1. The zero-order valence-corrected chi connectivity index (χ0v) is 15.7. The number of para-hydroxylation sites is 1. The smallest absolute Gasteiger partial charge is 0.340 e. The SMILES string of the molecule is CCOC(=O)C1=C(N)Oc2c(c(=O)[nH]c3ccccc23)[C@@H]1c1ccc(Cl)cc1. The molecule has 0 spiro atoms. The van der Waals surface area contributed by atoms with Crippen LogP contribution in [-0.2, 0) is 9.53 Å². The van der Waals surface area contributed by atoms with Crippen molar-refractivity contribution in [3.63, 3.8) is 0 Å². The Morgan fingerprint density at radius 3 is 2.64 bits per heavy atom. The van der Waals surface area contributed by atoms with Crippen LogP contribution in [0.15, 0.2) is 64.8 Å². The standard InChI is InChI=1S/C21H17ClN2O4/c1-2-27-21(26)17-15(11-7-9-12(22)10-8-11)16-18(28-19(17)23)13-5-3-4-6-14(13)24-20(16)25/h3-10,15H,2,23H2,1H3,(H,24,25)/t15-/m0/s1. The van der Waals surface area contributed by atoms with Crippen LogP contribution in [0.5, 0.6) is 5.75 Å². The quantitative estimate of drug-likeness (QED) is 0.661. The van der Waals surface area contributed by atoms with E-state index in [2.05, 4.69) is 4.98 Å². The molecule has 2 aromatic carbocycles. The Bertz CT molecular complexity index is 1170. The summed E-state index contributed by atoms with van der Waals surface area (Å²) < 4.78 is 11.0. The molecule has 4 rings (SSSR count). The minimum absolute atomic E-state index is 0.0818. The lowest BCUT2D eigenvalue weighted by Gasteiger charge is -2.28. The van der Waals surface area contributed by atoms with Gasteiger partial charge in [0.25, 0.3) is 5.56 Å². The Labute approximate surface area is 165 Å². The first kappa shape index (κ1) is 18.1. The molecule has 6 nitrogen and oxygen atoms in total. The molecule has 0 saturated carbocycles. The second-order valence-electron chi connectivity index (χ2n) is 6.33. The summed E-state index contributed by atoms with van der Waals surface area (Å²) >= 11 is 6.02. The molecule has 1 atom stereocenters. The number of rotatable bonds is 3. The Balaban J connectivity index is 2.03. The van der Waals surface area contributed by atoms with Gasteiger partial charge in [-0.2, -0.15) is 0 Å². The third-order valence-electron chi connectivity index (χ3n) is 4.66. The van der Waals surface area contributed by atoms with Crippen molar-refractivity contribution in [1.82, 2.24) is 4.98 Å². The molecule has 142 valence electrons. The first-order valence-electron chi connectivity index (χ1n) is 8.76. The van der Waals surface area contributed by atoms with Gasteiger partial charge in [0.1, 0.15) is 11.3 Å². The fraction of sp³-hybridized carbons (Fsp3) is 0.143. The van der Waals surface area contributed by atoms with Crippen LogP contribution >= 0.6 is 11.6 Å². The van der Waals surface area contributed by atoms with Gasteiger partial charge in [0, 0.05) is 10.4 Å². The minimum Gasteiger partial charge on any atom is -0.462 e. The van der Waals surface area contributed by atoms with Gasteiger partial charge in [-0.15, -0.1) is 0 Å². The van der Waals surface area contributed by atoms with Gasteiger partial charge in [-0.1, -0.05) is 35.9 Å². The summed E-state index contributed by atoms with van der Waals surface area (Å²) in [5.74, 6) is -1.11. The van der Waals surface area contributed by atoms with Crippen LogP contribution in [0.4, 0.5) is 0 Å². The zero-order chi connectivity index (χ0) is 19.8. The maximum Gasteiger partial charge on any atom is 0.340 e. The molecule has 0 fully saturated rings. The van der Waals surface area contributed by atoms with E-state index in [0.717, 1.165) is 0 Å². The Hall–Kier alpha value is -3.25. The fourth-order valence-corrected chi connectivity index (χ4v) is 3.59. The van der Waals surface area contributed by atoms with Crippen molar-refractivity contribution in [3.8, 4) is 5.75 Å². The maximum absolute atomic E-state index is 13.0. The topological polar surface area (TPSA) is 94.4 Å². The number of nitrogens with two attached hydrogens (primary N) is 1. The highest BCUT2D eigenvalue weighted by atomic mass is 35.5. The predicted octanol–water partition coefficient (Wildman–Crippen LogP) is 3.44. The third-order valence-corrected chi connectivity index (χ3v) is 4.91. The van der Waals surface area contributed by atoms with E-state index in [-0.39, 0.29) is 23.6 Å². The minimum atomic E-state index is -0.742. The number of H-pyrrole nitrogens is 1. The number of benzene rings is 2. The highest BCUT2D eigenvalue weighted by molar-refractivity contribution is 6.30. The van der Waals surface area contributed by atoms with Crippen molar-refractivity contribution in [2.24, 2.45) is 5.73 Å². The number of hydrogen-bond donors (Lipinski definition) is 2. The number of carbonyl (C=O) groups excluding carboxylic acids is 1. The number of nitrogens with one attached hydrogen (secondary N) is 1. The van der Waals surface area contributed by atoms with Crippen LogP contribution in [0.25, 0.3) is 10.9 Å². The van der Waals surface area contributed by atoms with Crippen LogP contribution in [0, 0.1) is 0 Å². The van der Waals surface area contributed by atoms with Gasteiger partial charge in [-0.05, 0) is 36.8 Å². The first-order valence-corrected chi connectivity index (χ1v) is 9.14. The number of ether oxygens (including phenoxy) is 2. The van der Waals surface area contributed by atoms with Crippen LogP contribution in [-0.4, -0.2) is 17.6 Å². The molecular weight excluding hydrogens is 380 g/mol. The molecule has 0 aliphatic carbocycles. The van der Waals surface area contributed by atoms with Crippen molar-refractivity contribution >= 4 is 28.5 Å². The summed E-state index contributed by atoms with van der Waals surface area (Å²) in [6, 6.07) is 14.1. The molecule has 3 aromatic rings. The lowest BCUT2D eigenvalue weighted by Crippen LogP contribution is -2.32. The Morgan fingerprint density at radius 2 is 1.93 bits per heavy atom. The molecule has 0 bridgehead atoms. The number of aromatic amines is 1. The van der Waals surface area contributed by atoms with Gasteiger partial charge in [-0.3, -0.25) is 4.79 Å². The van der Waals surface area contributed by atoms with Gasteiger partial charge in [0.05, 0.1) is 23.6 Å². The molecule has 0 unspecified atom stereocenters. The molecule has 3 N–H and O–H groups in total. The summed E-state index contributed by atoms with van der Waals surface area (Å²) in [6.45, 7) is 1.87. The Morgan fingerprint density at radius 1 is 1.21 bits per heavy atom. The van der Waals surface area contributed by atoms with Crippen molar-refractivity contribution in [2.45, 2.75) is 12.8 Å². The van der Waals surface area contributed by atoms with Gasteiger partial charge in [0.2, 0.25) is 5.88 Å². The number of aromatic nitrogens is 1. The number of pyridine rings is 1. The molecular formula is C21H17ClN2O4. The van der Waals surface area contributed by atoms with Crippen LogP contribution in [0.2, 0.25) is 5.02 Å². The van der Waals surface area contributed by atoms with E-state index in [1.807, 2.05) is 18.2 Å². The monoisotopic (exact) mass is 396 g/mol. The molecule has 7 heteroatoms. The molecule has 28 heavy (non-hydrogen) atoms. The van der Waals surface area contributed by atoms with E-state index < -0.39 is 11.9 Å². The third kappa shape index (κ3) is 2.92. The summed E-state index contributed by atoms with van der Waals surface area (Å²) in [5, 5.41) is 1.24. The van der Waals surface area contributed by atoms with E-state index in [1.165, 1.54) is 0 Å². The molecule has 1 aliphatic rings. The molecule has 0 saturated heterocycles. The summed E-state index contributed by atoms with van der Waals surface area (Å²) in [6.07, 6.45) is 0. The first-order chi connectivity index (χ1) is 13.5. The fourth-order valence-electron chi connectivity index (χ4n) is 3.47. The normalized spacial score (nSPS) is 15.9. The Kier molecular flexibility index (Phi) is 4.57. The average Bonchev–Trinajstić information content (AvgIpc) is 2.68. The summed E-state index contributed by atoms with van der Waals surface area (Å²) in [4.78, 5) is 28.5. The molecule has 1 aliphatic heterocycles. The van der Waals surface area contributed by atoms with E-state index in [9.17, 15) is 9.59 Å². The van der Waals surface area contributed by atoms with Crippen LogP contribution < -0.4 is 16.0 Å². The lowest BCUT2D eigenvalue weighted by molar-refractivity contribution is -0.139. The maximum atomic E-state index is 13.0. The molecule has 0 amide bonds. The van der Waals surface area contributed by atoms with Gasteiger partial charge in [-0.25, -0.2) is 4.79 Å². The summed E-state index contributed by atoms with van der Waals surface area (Å²) in [5.41, 5.74) is 7.48. The van der Waals surface area contributed by atoms with E-state index >= 15 is 0 Å². The van der Waals surface area contributed by atoms with Crippen molar-refractivity contribution in [2.75, 3.05) is 6.61 Å². The van der Waals surface area contributed by atoms with Gasteiger partial charge < -0.3 is 20.2 Å². The predicted molar refractivity (Wildman–Crippen MR) is 106 cm³/mol. The highest BCUT2D eigenvalue weighted by Crippen LogP contribution is 2.43. The van der Waals surface area contributed by atoms with E-state index in [0.29, 0.717) is 32.8 Å². The molecule has 0 radical (unpaired) electrons. The largest absolute Gasteiger partial charge is 0.462 e. The van der Waals surface area contributed by atoms with Crippen molar-refractivity contribution in [3.05, 3.63) is 86.5 Å². The molecule has 1 aromatic heterocycles. The molecule has 2 heterocycles. The van der Waals surface area contributed by atoms with Crippen LogP contribution in [0.1, 0.15) is 24.0 Å². The number of hydrogen-bond acceptors (Lipinski definition) is 5. The van der Waals surface area contributed by atoms with Gasteiger partial charge in [0.15, 0.2) is 0 Å². The van der Waals surface area contributed by atoms with E-state index in [4.69, 9.17) is 26.8 Å². The zero-order valence-electron chi connectivity index (χ0n) is 15.0. The number of carbonyl (C=O) groups is 1. The second kappa shape index (κ2) is 7.05. The van der Waals surface area contributed by atoms with Crippen molar-refractivity contribution in [1.29, 1.82) is 0 Å². The second-order valence-corrected chi connectivity index (χ2v) is 6.76. The lowest BCUT2D eigenvalue weighted by atomic mass is 9.83. The highest BCUT2D eigenvalue weighted by Gasteiger charge is 2.38. The van der Waals surface area contributed by atoms with Crippen LogP contribution in [0.3, 0.4) is 0 Å². The average molecular weight is 397 g/mol. The number of fused-ring (bicyclic) bond motifs is 3.